The van der Waals surface area contributed by atoms with Crippen LogP contribution in [0.15, 0.2) is 33.5 Å². The highest BCUT2D eigenvalue weighted by Gasteiger charge is 2.18. The smallest absolute Gasteiger partial charge is 0.336 e. The second kappa shape index (κ2) is 6.82. The van der Waals surface area contributed by atoms with Gasteiger partial charge in [0.2, 0.25) is 0 Å². The monoisotopic (exact) mass is 313 g/mol. The Hall–Kier alpha value is -2.36. The Kier molecular flexibility index (Phi) is 4.60. The van der Waals surface area contributed by atoms with E-state index in [2.05, 4.69) is 15.9 Å². The minimum atomic E-state index is -0.333. The Morgan fingerprint density at radius 2 is 1.96 bits per heavy atom. The molecule has 0 spiro atoms. The average Bonchev–Trinajstić information content (AvgIpc) is 2.56. The number of piperazine rings is 1. The normalized spacial score (nSPS) is 16.3. The molecule has 0 N–H and O–H groups in total. The molecule has 0 radical (unpaired) electrons. The predicted octanol–water partition coefficient (Wildman–Crippen LogP) is 1.44. The molecule has 3 rings (SSSR count). The summed E-state index contributed by atoms with van der Waals surface area (Å²) in [5, 5.41) is 9.66. The van der Waals surface area contributed by atoms with Crippen LogP contribution >= 0.6 is 0 Å². The molecule has 1 aromatic carbocycles. The van der Waals surface area contributed by atoms with Crippen molar-refractivity contribution in [3.05, 3.63) is 40.2 Å². The van der Waals surface area contributed by atoms with E-state index in [0.29, 0.717) is 18.7 Å². The van der Waals surface area contributed by atoms with Crippen LogP contribution in [0.25, 0.3) is 11.0 Å². The number of methoxy groups -OCH3 is 1. The molecule has 1 fully saturated rings. The molecule has 1 aliphatic rings. The van der Waals surface area contributed by atoms with Crippen LogP contribution in [0, 0.1) is 11.3 Å². The van der Waals surface area contributed by atoms with Gasteiger partial charge in [0.05, 0.1) is 19.7 Å². The van der Waals surface area contributed by atoms with E-state index in [4.69, 9.17) is 14.4 Å². The highest BCUT2D eigenvalue weighted by molar-refractivity contribution is 5.81. The van der Waals surface area contributed by atoms with Gasteiger partial charge < -0.3 is 9.15 Å². The summed E-state index contributed by atoms with van der Waals surface area (Å²) in [6.07, 6.45) is 0. The first-order valence-electron chi connectivity index (χ1n) is 7.62. The van der Waals surface area contributed by atoms with Crippen LogP contribution in [0.4, 0.5) is 0 Å². The molecule has 6 heteroatoms. The third-order valence-corrected chi connectivity index (χ3v) is 4.19. The number of nitrogens with zero attached hydrogens (tertiary/aromatic N) is 3. The van der Waals surface area contributed by atoms with Crippen molar-refractivity contribution in [1.29, 1.82) is 5.26 Å². The van der Waals surface area contributed by atoms with Crippen molar-refractivity contribution in [3.8, 4) is 11.8 Å². The van der Waals surface area contributed by atoms with Gasteiger partial charge in [0, 0.05) is 44.2 Å². The SMILES string of the molecule is COc1ccc2oc(=O)cc(CN3CCN(CC#N)CC3)c2c1. The zero-order chi connectivity index (χ0) is 16.2. The first kappa shape index (κ1) is 15.5. The Balaban J connectivity index is 1.82. The number of nitriles is 1. The molecule has 23 heavy (non-hydrogen) atoms. The molecule has 0 aliphatic carbocycles. The van der Waals surface area contributed by atoms with E-state index in [9.17, 15) is 4.79 Å². The Bertz CT molecular complexity index is 786. The number of ether oxygens (including phenoxy) is 1. The number of hydrogen-bond donors (Lipinski definition) is 0. The van der Waals surface area contributed by atoms with Gasteiger partial charge in [0.25, 0.3) is 0 Å². The molecular weight excluding hydrogens is 294 g/mol. The highest BCUT2D eigenvalue weighted by Crippen LogP contribution is 2.24. The largest absolute Gasteiger partial charge is 0.497 e. The van der Waals surface area contributed by atoms with Crippen LogP contribution in [0.5, 0.6) is 5.75 Å². The lowest BCUT2D eigenvalue weighted by Gasteiger charge is -2.33. The predicted molar refractivity (Wildman–Crippen MR) is 86.4 cm³/mol. The van der Waals surface area contributed by atoms with Crippen molar-refractivity contribution in [1.82, 2.24) is 9.80 Å². The van der Waals surface area contributed by atoms with E-state index in [1.807, 2.05) is 6.07 Å². The van der Waals surface area contributed by atoms with Gasteiger partial charge in [-0.3, -0.25) is 9.80 Å². The maximum Gasteiger partial charge on any atom is 0.336 e. The topological polar surface area (TPSA) is 69.7 Å². The maximum atomic E-state index is 11.8. The van der Waals surface area contributed by atoms with Crippen LogP contribution in [-0.2, 0) is 6.54 Å². The van der Waals surface area contributed by atoms with E-state index < -0.39 is 0 Å². The minimum absolute atomic E-state index is 0.333. The quantitative estimate of drug-likeness (QED) is 0.628. The molecule has 1 aliphatic heterocycles. The van der Waals surface area contributed by atoms with Crippen molar-refractivity contribution in [2.45, 2.75) is 6.54 Å². The van der Waals surface area contributed by atoms with Crippen LogP contribution in [0.3, 0.4) is 0 Å². The zero-order valence-electron chi connectivity index (χ0n) is 13.1. The molecule has 0 bridgehead atoms. The fourth-order valence-electron chi connectivity index (χ4n) is 2.91. The van der Waals surface area contributed by atoms with E-state index in [1.165, 1.54) is 0 Å². The fraction of sp³-hybridized carbons (Fsp3) is 0.412. The number of benzene rings is 1. The number of rotatable bonds is 4. The summed E-state index contributed by atoms with van der Waals surface area (Å²) in [7, 11) is 1.62. The first-order valence-corrected chi connectivity index (χ1v) is 7.62. The standard InChI is InChI=1S/C17H19N3O3/c1-22-14-2-3-16-15(11-14)13(10-17(21)23-16)12-20-8-6-19(5-4-18)7-9-20/h2-3,10-11H,5-9,12H2,1H3. The lowest BCUT2D eigenvalue weighted by atomic mass is 10.1. The van der Waals surface area contributed by atoms with E-state index in [-0.39, 0.29) is 5.63 Å². The Morgan fingerprint density at radius 1 is 1.22 bits per heavy atom. The molecule has 120 valence electrons. The van der Waals surface area contributed by atoms with Crippen LogP contribution < -0.4 is 10.4 Å². The Labute approximate surface area is 134 Å². The van der Waals surface area contributed by atoms with E-state index >= 15 is 0 Å². The lowest BCUT2D eigenvalue weighted by molar-refractivity contribution is 0.138. The van der Waals surface area contributed by atoms with Gasteiger partial charge in [-0.25, -0.2) is 4.79 Å². The van der Waals surface area contributed by atoms with Crippen molar-refractivity contribution < 1.29 is 9.15 Å². The van der Waals surface area contributed by atoms with Gasteiger partial charge in [-0.05, 0) is 23.8 Å². The summed E-state index contributed by atoms with van der Waals surface area (Å²) in [6, 6.07) is 9.20. The molecule has 6 nitrogen and oxygen atoms in total. The molecular formula is C17H19N3O3. The van der Waals surface area contributed by atoms with Gasteiger partial charge in [0.15, 0.2) is 0 Å². The molecule has 0 saturated carbocycles. The van der Waals surface area contributed by atoms with E-state index in [1.54, 1.807) is 25.3 Å². The van der Waals surface area contributed by atoms with Gasteiger partial charge >= 0.3 is 5.63 Å². The summed E-state index contributed by atoms with van der Waals surface area (Å²) in [4.78, 5) is 16.2. The van der Waals surface area contributed by atoms with Crippen molar-refractivity contribution in [3.63, 3.8) is 0 Å². The number of fused-ring (bicyclic) bond motifs is 1. The Morgan fingerprint density at radius 3 is 2.65 bits per heavy atom. The maximum absolute atomic E-state index is 11.8. The fourth-order valence-corrected chi connectivity index (χ4v) is 2.91. The minimum Gasteiger partial charge on any atom is -0.497 e. The summed E-state index contributed by atoms with van der Waals surface area (Å²) in [6.45, 7) is 4.67. The zero-order valence-corrected chi connectivity index (χ0v) is 13.1. The third kappa shape index (κ3) is 3.52. The van der Waals surface area contributed by atoms with Crippen LogP contribution in [-0.4, -0.2) is 49.6 Å². The lowest BCUT2D eigenvalue weighted by Crippen LogP contribution is -2.45. The molecule has 0 amide bonds. The first-order chi connectivity index (χ1) is 11.2. The molecule has 2 heterocycles. The molecule has 1 aromatic heterocycles. The van der Waals surface area contributed by atoms with Gasteiger partial charge in [0.1, 0.15) is 11.3 Å². The van der Waals surface area contributed by atoms with Crippen LogP contribution in [0.2, 0.25) is 0 Å². The molecule has 2 aromatic rings. The second-order valence-corrected chi connectivity index (χ2v) is 5.66. The number of hydrogen-bond acceptors (Lipinski definition) is 6. The van der Waals surface area contributed by atoms with Crippen LogP contribution in [0.1, 0.15) is 5.56 Å². The summed E-state index contributed by atoms with van der Waals surface area (Å²) < 4.78 is 10.5. The third-order valence-electron chi connectivity index (χ3n) is 4.19. The van der Waals surface area contributed by atoms with Gasteiger partial charge in [-0.15, -0.1) is 0 Å². The van der Waals surface area contributed by atoms with Gasteiger partial charge in [-0.2, -0.15) is 5.26 Å². The second-order valence-electron chi connectivity index (χ2n) is 5.66. The van der Waals surface area contributed by atoms with Gasteiger partial charge in [-0.1, -0.05) is 0 Å². The molecule has 1 saturated heterocycles. The average molecular weight is 313 g/mol. The summed E-state index contributed by atoms with van der Waals surface area (Å²) in [5.74, 6) is 0.742. The molecule has 0 unspecified atom stereocenters. The van der Waals surface area contributed by atoms with Crippen molar-refractivity contribution in [2.75, 3.05) is 39.8 Å². The highest BCUT2D eigenvalue weighted by atomic mass is 16.5. The molecule has 0 atom stereocenters. The summed E-state index contributed by atoms with van der Waals surface area (Å²) in [5.41, 5.74) is 1.20. The summed E-state index contributed by atoms with van der Waals surface area (Å²) >= 11 is 0. The van der Waals surface area contributed by atoms with E-state index in [0.717, 1.165) is 42.9 Å². The van der Waals surface area contributed by atoms with Crippen molar-refractivity contribution >= 4 is 11.0 Å². The van der Waals surface area contributed by atoms with Crippen molar-refractivity contribution in [2.24, 2.45) is 0 Å².